The maximum Gasteiger partial charge on any atom is 0.255 e. The lowest BCUT2D eigenvalue weighted by Gasteiger charge is -2.10. The van der Waals surface area contributed by atoms with E-state index >= 15 is 0 Å². The Morgan fingerprint density at radius 3 is 2.68 bits per heavy atom. The zero-order valence-corrected chi connectivity index (χ0v) is 12.5. The van der Waals surface area contributed by atoms with Crippen LogP contribution in [-0.4, -0.2) is 15.7 Å². The molecule has 22 heavy (non-hydrogen) atoms. The molecule has 0 spiro atoms. The van der Waals surface area contributed by atoms with Crippen LogP contribution >= 0.6 is 0 Å². The molecule has 1 aromatic carbocycles. The first-order chi connectivity index (χ1) is 10.6. The molecule has 0 saturated heterocycles. The summed E-state index contributed by atoms with van der Waals surface area (Å²) >= 11 is 0. The molecule has 0 aliphatic heterocycles. The van der Waals surface area contributed by atoms with Crippen LogP contribution in [-0.2, 0) is 0 Å². The van der Waals surface area contributed by atoms with Gasteiger partial charge < -0.3 is 9.73 Å². The molecule has 0 saturated carbocycles. The number of aryl methyl sites for hydroxylation is 1. The number of carbonyl (C=O) groups is 1. The summed E-state index contributed by atoms with van der Waals surface area (Å²) in [5.74, 6) is 1.39. The zero-order valence-electron chi connectivity index (χ0n) is 12.5. The molecule has 2 heterocycles. The van der Waals surface area contributed by atoms with Gasteiger partial charge in [0.05, 0.1) is 23.5 Å². The Bertz CT molecular complexity index is 774. The molecule has 2 aromatic heterocycles. The molecule has 3 rings (SSSR count). The quantitative estimate of drug-likeness (QED) is 0.803. The molecule has 0 radical (unpaired) electrons. The van der Waals surface area contributed by atoms with Crippen LogP contribution < -0.4 is 5.32 Å². The lowest BCUT2D eigenvalue weighted by molar-refractivity contribution is 0.0935. The van der Waals surface area contributed by atoms with E-state index in [4.69, 9.17) is 4.42 Å². The van der Waals surface area contributed by atoms with Gasteiger partial charge in [-0.15, -0.1) is 0 Å². The van der Waals surface area contributed by atoms with Crippen molar-refractivity contribution < 1.29 is 9.21 Å². The number of hydrogen-bond donors (Lipinski definition) is 1. The number of carbonyl (C=O) groups excluding carboxylic acids is 1. The van der Waals surface area contributed by atoms with Gasteiger partial charge >= 0.3 is 0 Å². The fourth-order valence-electron chi connectivity index (χ4n) is 2.20. The van der Waals surface area contributed by atoms with E-state index in [1.807, 2.05) is 56.3 Å². The Morgan fingerprint density at radius 1 is 1.23 bits per heavy atom. The van der Waals surface area contributed by atoms with Crippen LogP contribution in [0.3, 0.4) is 0 Å². The number of aromatic nitrogens is 2. The van der Waals surface area contributed by atoms with Crippen LogP contribution in [0.25, 0.3) is 5.69 Å². The van der Waals surface area contributed by atoms with Crippen LogP contribution in [0.15, 0.2) is 59.3 Å². The average Bonchev–Trinajstić information content (AvgIpc) is 3.17. The number of amides is 1. The summed E-state index contributed by atoms with van der Waals surface area (Å²) < 4.78 is 7.20. The molecule has 5 nitrogen and oxygen atoms in total. The number of rotatable bonds is 4. The summed E-state index contributed by atoms with van der Waals surface area (Å²) in [6.07, 6.45) is 3.27. The van der Waals surface area contributed by atoms with E-state index in [-0.39, 0.29) is 11.9 Å². The third-order valence-electron chi connectivity index (χ3n) is 3.40. The highest BCUT2D eigenvalue weighted by Crippen LogP contribution is 2.16. The molecule has 0 aliphatic rings. The second kappa shape index (κ2) is 5.89. The molecule has 3 aromatic rings. The first-order valence-corrected chi connectivity index (χ1v) is 7.11. The van der Waals surface area contributed by atoms with E-state index in [0.29, 0.717) is 5.56 Å². The predicted octanol–water partition coefficient (Wildman–Crippen LogP) is 3.26. The normalized spacial score (nSPS) is 12.1. The van der Waals surface area contributed by atoms with Crippen molar-refractivity contribution in [3.63, 3.8) is 0 Å². The summed E-state index contributed by atoms with van der Waals surface area (Å²) in [5.41, 5.74) is 1.43. The van der Waals surface area contributed by atoms with Crippen molar-refractivity contribution in [2.24, 2.45) is 0 Å². The van der Waals surface area contributed by atoms with Crippen LogP contribution in [0.5, 0.6) is 0 Å². The molecule has 0 fully saturated rings. The SMILES string of the molecule is Cc1ccc(C(C)NC(=O)c2cnn(-c3ccccc3)c2)o1. The monoisotopic (exact) mass is 295 g/mol. The third-order valence-corrected chi connectivity index (χ3v) is 3.40. The fourth-order valence-corrected chi connectivity index (χ4v) is 2.20. The molecule has 1 N–H and O–H groups in total. The Kier molecular flexibility index (Phi) is 3.78. The van der Waals surface area contributed by atoms with E-state index in [0.717, 1.165) is 17.2 Å². The van der Waals surface area contributed by atoms with Crippen LogP contribution in [0.2, 0.25) is 0 Å². The van der Waals surface area contributed by atoms with Crippen molar-refractivity contribution in [2.75, 3.05) is 0 Å². The van der Waals surface area contributed by atoms with E-state index < -0.39 is 0 Å². The summed E-state index contributed by atoms with van der Waals surface area (Å²) in [6.45, 7) is 3.76. The molecule has 112 valence electrons. The van der Waals surface area contributed by atoms with Gasteiger partial charge in [0.2, 0.25) is 0 Å². The lowest BCUT2D eigenvalue weighted by Crippen LogP contribution is -2.26. The molecular weight excluding hydrogens is 278 g/mol. The summed E-state index contributed by atoms with van der Waals surface area (Å²) in [4.78, 5) is 12.3. The van der Waals surface area contributed by atoms with Gasteiger partial charge in [0, 0.05) is 6.20 Å². The Morgan fingerprint density at radius 2 is 2.00 bits per heavy atom. The summed E-state index contributed by atoms with van der Waals surface area (Å²) in [5, 5.41) is 7.13. The van der Waals surface area contributed by atoms with Gasteiger partial charge in [0.15, 0.2) is 0 Å². The minimum Gasteiger partial charge on any atom is -0.464 e. The second-order valence-electron chi connectivity index (χ2n) is 5.15. The molecule has 0 aliphatic carbocycles. The highest BCUT2D eigenvalue weighted by molar-refractivity contribution is 5.94. The second-order valence-corrected chi connectivity index (χ2v) is 5.15. The highest BCUT2D eigenvalue weighted by Gasteiger charge is 2.15. The highest BCUT2D eigenvalue weighted by atomic mass is 16.3. The number of nitrogens with zero attached hydrogens (tertiary/aromatic N) is 2. The van der Waals surface area contributed by atoms with Gasteiger partial charge in [-0.2, -0.15) is 5.10 Å². The minimum atomic E-state index is -0.193. The van der Waals surface area contributed by atoms with Gasteiger partial charge in [-0.1, -0.05) is 18.2 Å². The predicted molar refractivity (Wildman–Crippen MR) is 82.9 cm³/mol. The molecule has 5 heteroatoms. The van der Waals surface area contributed by atoms with E-state index in [9.17, 15) is 4.79 Å². The Labute approximate surface area is 128 Å². The van der Waals surface area contributed by atoms with Gasteiger partial charge in [-0.3, -0.25) is 4.79 Å². The standard InChI is InChI=1S/C17H17N3O2/c1-12-8-9-16(22-12)13(2)19-17(21)14-10-18-20(11-14)15-6-4-3-5-7-15/h3-11,13H,1-2H3,(H,19,21). The van der Waals surface area contributed by atoms with Gasteiger partial charge in [-0.25, -0.2) is 4.68 Å². The van der Waals surface area contributed by atoms with E-state index in [2.05, 4.69) is 10.4 Å². The summed E-state index contributed by atoms with van der Waals surface area (Å²) in [7, 11) is 0. The van der Waals surface area contributed by atoms with Crippen molar-refractivity contribution >= 4 is 5.91 Å². The molecule has 0 bridgehead atoms. The Balaban J connectivity index is 1.72. The molecule has 1 atom stereocenters. The number of benzene rings is 1. The summed E-state index contributed by atoms with van der Waals surface area (Å²) in [6, 6.07) is 13.2. The molecule has 1 unspecified atom stereocenters. The van der Waals surface area contributed by atoms with Crippen molar-refractivity contribution in [1.82, 2.24) is 15.1 Å². The van der Waals surface area contributed by atoms with Crippen LogP contribution in [0, 0.1) is 6.92 Å². The number of hydrogen-bond acceptors (Lipinski definition) is 3. The Hall–Kier alpha value is -2.82. The average molecular weight is 295 g/mol. The van der Waals surface area contributed by atoms with Crippen LogP contribution in [0.4, 0.5) is 0 Å². The first-order valence-electron chi connectivity index (χ1n) is 7.11. The number of furan rings is 1. The van der Waals surface area contributed by atoms with Gasteiger partial charge in [0.1, 0.15) is 11.5 Å². The third kappa shape index (κ3) is 2.93. The van der Waals surface area contributed by atoms with Gasteiger partial charge in [-0.05, 0) is 38.1 Å². The maximum atomic E-state index is 12.3. The van der Waals surface area contributed by atoms with Crippen molar-refractivity contribution in [3.8, 4) is 5.69 Å². The van der Waals surface area contributed by atoms with Crippen molar-refractivity contribution in [2.45, 2.75) is 19.9 Å². The maximum absolute atomic E-state index is 12.3. The largest absolute Gasteiger partial charge is 0.464 e. The molecular formula is C17H17N3O2. The first kappa shape index (κ1) is 14.1. The fraction of sp³-hybridized carbons (Fsp3) is 0.176. The number of nitrogens with one attached hydrogen (secondary N) is 1. The van der Waals surface area contributed by atoms with E-state index in [1.165, 1.54) is 0 Å². The van der Waals surface area contributed by atoms with E-state index in [1.54, 1.807) is 17.1 Å². The van der Waals surface area contributed by atoms with Gasteiger partial charge in [0.25, 0.3) is 5.91 Å². The van der Waals surface area contributed by atoms with Crippen molar-refractivity contribution in [1.29, 1.82) is 0 Å². The molecule has 1 amide bonds. The zero-order chi connectivity index (χ0) is 15.5. The smallest absolute Gasteiger partial charge is 0.255 e. The van der Waals surface area contributed by atoms with Crippen LogP contribution in [0.1, 0.15) is 34.8 Å². The van der Waals surface area contributed by atoms with Crippen molar-refractivity contribution in [3.05, 3.63) is 71.9 Å². The minimum absolute atomic E-state index is 0.177. The number of para-hydroxylation sites is 1. The topological polar surface area (TPSA) is 60.1 Å². The lowest BCUT2D eigenvalue weighted by atomic mass is 10.2.